The first-order valence-corrected chi connectivity index (χ1v) is 13.7. The number of carbonyl (C=O) groups is 2. The number of rotatable bonds is 8. The van der Waals surface area contributed by atoms with Crippen LogP contribution < -0.4 is 15.5 Å². The summed E-state index contributed by atoms with van der Waals surface area (Å²) in [5.41, 5.74) is 2.33. The molecule has 0 unspecified atom stereocenters. The van der Waals surface area contributed by atoms with Gasteiger partial charge in [0.1, 0.15) is 11.6 Å². The standard InChI is InChI=1S/C32H25FN4O3S/c1-21-29(31(39)36-26-16-9-8-15-25(26)33)30(27-17-10-18-40-27)24(19-34)32(35-21)41-20-28(38)37(22-11-4-2-5-12-22)23-13-6-3-7-14-23/h2-18,30,35H,20H2,1H3,(H,36,39)/t30-/m1/s1. The second kappa shape index (κ2) is 12.4. The number of nitrogens with zero attached hydrogens (tertiary/aromatic N) is 2. The number of benzene rings is 3. The Morgan fingerprint density at radius 2 is 1.61 bits per heavy atom. The monoisotopic (exact) mass is 564 g/mol. The molecule has 0 saturated carbocycles. The van der Waals surface area contributed by atoms with Crippen molar-refractivity contribution in [2.24, 2.45) is 0 Å². The third-order valence-corrected chi connectivity index (χ3v) is 7.46. The molecule has 4 aromatic rings. The highest BCUT2D eigenvalue weighted by Crippen LogP contribution is 2.41. The van der Waals surface area contributed by atoms with Gasteiger partial charge in [-0.25, -0.2) is 4.39 Å². The highest BCUT2D eigenvalue weighted by molar-refractivity contribution is 8.03. The average Bonchev–Trinajstić information content (AvgIpc) is 3.53. The molecule has 1 aliphatic rings. The van der Waals surface area contributed by atoms with Gasteiger partial charge in [-0.1, -0.05) is 60.3 Å². The molecule has 1 atom stereocenters. The van der Waals surface area contributed by atoms with E-state index in [1.54, 1.807) is 30.0 Å². The Morgan fingerprint density at radius 1 is 0.976 bits per heavy atom. The Kier molecular flexibility index (Phi) is 8.32. The van der Waals surface area contributed by atoms with Crippen molar-refractivity contribution < 1.29 is 18.4 Å². The van der Waals surface area contributed by atoms with E-state index < -0.39 is 17.6 Å². The largest absolute Gasteiger partial charge is 0.468 e. The Bertz CT molecular complexity index is 1620. The molecule has 0 bridgehead atoms. The predicted octanol–water partition coefficient (Wildman–Crippen LogP) is 6.85. The molecule has 0 saturated heterocycles. The van der Waals surface area contributed by atoms with E-state index in [1.165, 1.54) is 36.2 Å². The molecule has 0 radical (unpaired) electrons. The van der Waals surface area contributed by atoms with Gasteiger partial charge in [0.2, 0.25) is 5.91 Å². The smallest absolute Gasteiger partial charge is 0.254 e. The quantitative estimate of drug-likeness (QED) is 0.243. The van der Waals surface area contributed by atoms with Crippen molar-refractivity contribution in [3.63, 3.8) is 0 Å². The molecule has 0 spiro atoms. The van der Waals surface area contributed by atoms with Crippen LogP contribution in [-0.4, -0.2) is 17.6 Å². The molecule has 2 heterocycles. The molecule has 0 aliphatic carbocycles. The van der Waals surface area contributed by atoms with Crippen molar-refractivity contribution in [2.75, 3.05) is 16.0 Å². The van der Waals surface area contributed by atoms with Crippen LogP contribution >= 0.6 is 11.8 Å². The topological polar surface area (TPSA) is 98.4 Å². The maximum atomic E-state index is 14.3. The van der Waals surface area contributed by atoms with Crippen LogP contribution in [0, 0.1) is 17.1 Å². The Morgan fingerprint density at radius 3 is 2.20 bits per heavy atom. The van der Waals surface area contributed by atoms with Crippen LogP contribution in [0.3, 0.4) is 0 Å². The SMILES string of the molecule is CC1=C(C(=O)Nc2ccccc2F)[C@@H](c2ccco2)C(C#N)=C(SCC(=O)N(c2ccccc2)c2ccccc2)N1. The molecule has 7 nitrogen and oxygen atoms in total. The lowest BCUT2D eigenvalue weighted by molar-refractivity contribution is -0.115. The summed E-state index contributed by atoms with van der Waals surface area (Å²) in [4.78, 5) is 28.7. The molecule has 3 aromatic carbocycles. The summed E-state index contributed by atoms with van der Waals surface area (Å²) in [6.07, 6.45) is 1.46. The lowest BCUT2D eigenvalue weighted by atomic mass is 9.85. The summed E-state index contributed by atoms with van der Waals surface area (Å²) in [5.74, 6) is -1.83. The molecule has 9 heteroatoms. The molecule has 2 N–H and O–H groups in total. The number of amides is 2. The van der Waals surface area contributed by atoms with Crippen molar-refractivity contribution in [3.8, 4) is 6.07 Å². The molecule has 41 heavy (non-hydrogen) atoms. The minimum absolute atomic E-state index is 0.00616. The average molecular weight is 565 g/mol. The zero-order valence-electron chi connectivity index (χ0n) is 22.0. The second-order valence-electron chi connectivity index (χ2n) is 9.09. The predicted molar refractivity (Wildman–Crippen MR) is 157 cm³/mol. The maximum absolute atomic E-state index is 14.3. The zero-order chi connectivity index (χ0) is 28.8. The van der Waals surface area contributed by atoms with E-state index in [0.717, 1.165) is 0 Å². The molecule has 204 valence electrons. The number of hydrogen-bond donors (Lipinski definition) is 2. The first-order valence-electron chi connectivity index (χ1n) is 12.7. The highest BCUT2D eigenvalue weighted by Gasteiger charge is 2.37. The minimum Gasteiger partial charge on any atom is -0.468 e. The van der Waals surface area contributed by atoms with Gasteiger partial charge < -0.3 is 15.1 Å². The van der Waals surface area contributed by atoms with Crippen molar-refractivity contribution in [3.05, 3.63) is 137 Å². The summed E-state index contributed by atoms with van der Waals surface area (Å²) in [6, 6.07) is 30.0. The first kappa shape index (κ1) is 27.5. The van der Waals surface area contributed by atoms with Crippen LogP contribution in [0.15, 0.2) is 130 Å². The number of carbonyl (C=O) groups excluding carboxylic acids is 2. The number of para-hydroxylation sites is 3. The molecule has 2 amide bonds. The Hall–Kier alpha value is -5.07. The number of furan rings is 1. The number of nitrogens with one attached hydrogen (secondary N) is 2. The van der Waals surface area contributed by atoms with Gasteiger partial charge in [-0.15, -0.1) is 0 Å². The van der Waals surface area contributed by atoms with Gasteiger partial charge >= 0.3 is 0 Å². The fourth-order valence-electron chi connectivity index (χ4n) is 4.61. The molecule has 1 aliphatic heterocycles. The summed E-state index contributed by atoms with van der Waals surface area (Å²) < 4.78 is 20.0. The van der Waals surface area contributed by atoms with Crippen LogP contribution in [0.4, 0.5) is 21.5 Å². The number of halogens is 1. The van der Waals surface area contributed by atoms with Gasteiger partial charge in [0.05, 0.1) is 45.9 Å². The normalized spacial score (nSPS) is 14.7. The Labute approximate surface area is 241 Å². The van der Waals surface area contributed by atoms with Gasteiger partial charge in [-0.05, 0) is 55.5 Å². The summed E-state index contributed by atoms with van der Waals surface area (Å²) >= 11 is 1.17. The maximum Gasteiger partial charge on any atom is 0.254 e. The van der Waals surface area contributed by atoms with Gasteiger partial charge in [0, 0.05) is 17.1 Å². The van der Waals surface area contributed by atoms with Crippen molar-refractivity contribution in [1.82, 2.24) is 5.32 Å². The van der Waals surface area contributed by atoms with E-state index in [0.29, 0.717) is 27.9 Å². The third-order valence-electron chi connectivity index (χ3n) is 6.46. The Balaban J connectivity index is 1.45. The third kappa shape index (κ3) is 5.93. The van der Waals surface area contributed by atoms with Gasteiger partial charge in [0.25, 0.3) is 5.91 Å². The van der Waals surface area contributed by atoms with E-state index in [4.69, 9.17) is 4.42 Å². The summed E-state index contributed by atoms with van der Waals surface area (Å²) in [5, 5.41) is 16.5. The zero-order valence-corrected chi connectivity index (χ0v) is 22.8. The fourth-order valence-corrected chi connectivity index (χ4v) is 5.55. The molecule has 5 rings (SSSR count). The number of allylic oxidation sites excluding steroid dienone is 2. The van der Waals surface area contributed by atoms with Crippen LogP contribution in [-0.2, 0) is 9.59 Å². The van der Waals surface area contributed by atoms with Crippen LogP contribution in [0.2, 0.25) is 0 Å². The van der Waals surface area contributed by atoms with E-state index >= 15 is 0 Å². The molecule has 1 aromatic heterocycles. The van der Waals surface area contributed by atoms with Gasteiger partial charge in [-0.2, -0.15) is 5.26 Å². The first-order chi connectivity index (χ1) is 20.0. The van der Waals surface area contributed by atoms with Gasteiger partial charge in [-0.3, -0.25) is 14.5 Å². The van der Waals surface area contributed by atoms with E-state index in [9.17, 15) is 19.2 Å². The van der Waals surface area contributed by atoms with Crippen molar-refractivity contribution in [1.29, 1.82) is 5.26 Å². The number of dihydropyridines is 1. The lowest BCUT2D eigenvalue weighted by Gasteiger charge is -2.29. The van der Waals surface area contributed by atoms with E-state index in [2.05, 4.69) is 16.7 Å². The second-order valence-corrected chi connectivity index (χ2v) is 10.1. The molecular formula is C32H25FN4O3S. The molecule has 0 fully saturated rings. The fraction of sp³-hybridized carbons (Fsp3) is 0.0938. The van der Waals surface area contributed by atoms with E-state index in [1.807, 2.05) is 60.7 Å². The van der Waals surface area contributed by atoms with E-state index in [-0.39, 0.29) is 28.5 Å². The van der Waals surface area contributed by atoms with Crippen molar-refractivity contribution >= 4 is 40.6 Å². The van der Waals surface area contributed by atoms with Crippen LogP contribution in [0.1, 0.15) is 18.6 Å². The van der Waals surface area contributed by atoms with Crippen LogP contribution in [0.25, 0.3) is 0 Å². The van der Waals surface area contributed by atoms with Crippen LogP contribution in [0.5, 0.6) is 0 Å². The number of nitriles is 1. The van der Waals surface area contributed by atoms with Crippen molar-refractivity contribution in [2.45, 2.75) is 12.8 Å². The summed E-state index contributed by atoms with van der Waals surface area (Å²) in [6.45, 7) is 1.70. The minimum atomic E-state index is -0.861. The van der Waals surface area contributed by atoms with Gasteiger partial charge in [0.15, 0.2) is 0 Å². The molecular weight excluding hydrogens is 539 g/mol. The number of anilines is 3. The number of hydrogen-bond acceptors (Lipinski definition) is 6. The summed E-state index contributed by atoms with van der Waals surface area (Å²) in [7, 11) is 0. The lowest BCUT2D eigenvalue weighted by Crippen LogP contribution is -2.32. The highest BCUT2D eigenvalue weighted by atomic mass is 32.2. The number of thioether (sulfide) groups is 1.